The van der Waals surface area contributed by atoms with Crippen LogP contribution in [0.15, 0.2) is 0 Å². The van der Waals surface area contributed by atoms with Gasteiger partial charge in [-0.2, -0.15) is 11.8 Å². The molecule has 0 rings (SSSR count). The van der Waals surface area contributed by atoms with Crippen LogP contribution in [0.25, 0.3) is 0 Å². The molecule has 2 nitrogen and oxygen atoms in total. The average Bonchev–Trinajstić information content (AvgIpc) is 2.19. The molecule has 0 saturated heterocycles. The second-order valence-electron chi connectivity index (χ2n) is 3.85. The van der Waals surface area contributed by atoms with Crippen molar-refractivity contribution in [3.63, 3.8) is 0 Å². The van der Waals surface area contributed by atoms with Crippen LogP contribution in [-0.2, 0) is 4.74 Å². The van der Waals surface area contributed by atoms with Gasteiger partial charge in [0.05, 0.1) is 13.4 Å². The summed E-state index contributed by atoms with van der Waals surface area (Å²) in [6.07, 6.45) is 2.80. The van der Waals surface area contributed by atoms with Crippen molar-refractivity contribution < 1.29 is 4.74 Å². The molecule has 0 spiro atoms. The lowest BCUT2D eigenvalue weighted by molar-refractivity contribution is -0.0342. The molecule has 0 aromatic rings. The maximum atomic E-state index is 5.73. The van der Waals surface area contributed by atoms with Crippen molar-refractivity contribution in [3.8, 4) is 0 Å². The summed E-state index contributed by atoms with van der Waals surface area (Å²) in [5, 5.41) is 3.62. The molecule has 14 heavy (non-hydrogen) atoms. The molecule has 0 aromatic carbocycles. The maximum absolute atomic E-state index is 5.73. The number of hydrogen-bond acceptors (Lipinski definition) is 3. The van der Waals surface area contributed by atoms with Gasteiger partial charge in [0.1, 0.15) is 0 Å². The Morgan fingerprint density at radius 3 is 2.43 bits per heavy atom. The second kappa shape index (κ2) is 6.75. The third-order valence-corrected chi connectivity index (χ3v) is 4.26. The van der Waals surface area contributed by atoms with Crippen LogP contribution in [0.4, 0.5) is 0 Å². The third-order valence-electron chi connectivity index (χ3n) is 3.05. The van der Waals surface area contributed by atoms with E-state index in [1.807, 2.05) is 18.8 Å². The minimum atomic E-state index is -0.137. The zero-order valence-electron chi connectivity index (χ0n) is 9.96. The number of likely N-dealkylation sites (N-methyl/N-ethyl adjacent to an activating group) is 1. The zero-order valence-corrected chi connectivity index (χ0v) is 10.8. The smallest absolute Gasteiger partial charge is 0.0809 e. The molecule has 82 valence electrons. The van der Waals surface area contributed by atoms with Gasteiger partial charge in [-0.1, -0.05) is 13.2 Å². The van der Waals surface area contributed by atoms with Gasteiger partial charge in [-0.3, -0.25) is 0 Å². The third kappa shape index (κ3) is 3.48. The molecule has 0 amide bonds. The quantitative estimate of drug-likeness (QED) is 0.651. The highest BCUT2D eigenvalue weighted by atomic mass is 32.2. The van der Waals surface area contributed by atoms with E-state index < -0.39 is 0 Å². The van der Waals surface area contributed by atoms with Gasteiger partial charge in [0, 0.05) is 18.9 Å². The minimum absolute atomic E-state index is 0.137. The van der Waals surface area contributed by atoms with Crippen LogP contribution >= 0.6 is 11.8 Å². The van der Waals surface area contributed by atoms with Crippen molar-refractivity contribution in [3.05, 3.63) is 0 Å². The molecule has 2 radical (unpaired) electrons. The van der Waals surface area contributed by atoms with Crippen LogP contribution < -0.4 is 5.32 Å². The van der Waals surface area contributed by atoms with Crippen molar-refractivity contribution in [1.29, 1.82) is 0 Å². The van der Waals surface area contributed by atoms with E-state index in [0.717, 1.165) is 6.54 Å². The van der Waals surface area contributed by atoms with Crippen molar-refractivity contribution in [2.75, 3.05) is 27.0 Å². The summed E-state index contributed by atoms with van der Waals surface area (Å²) in [5.74, 6) is 0.431. The largest absolute Gasteiger partial charge is 0.377 e. The number of nitrogens with one attached hydrogen (secondary N) is 1. The van der Waals surface area contributed by atoms with E-state index in [1.165, 1.54) is 0 Å². The summed E-state index contributed by atoms with van der Waals surface area (Å²) in [4.78, 5) is 0. The minimum Gasteiger partial charge on any atom is -0.377 e. The fourth-order valence-corrected chi connectivity index (χ4v) is 2.56. The van der Waals surface area contributed by atoms with Gasteiger partial charge in [-0.25, -0.2) is 0 Å². The predicted molar refractivity (Wildman–Crippen MR) is 66.4 cm³/mol. The summed E-state index contributed by atoms with van der Waals surface area (Å²) >= 11 is 1.81. The number of hydrogen-bond donors (Lipinski definition) is 1. The Bertz CT molecular complexity index is 155. The van der Waals surface area contributed by atoms with Crippen LogP contribution in [0, 0.1) is 5.92 Å². The van der Waals surface area contributed by atoms with Crippen LogP contribution in [-0.4, -0.2) is 45.7 Å². The molecule has 0 bridgehead atoms. The van der Waals surface area contributed by atoms with E-state index >= 15 is 0 Å². The highest BCUT2D eigenvalue weighted by Crippen LogP contribution is 2.31. The first-order valence-corrected chi connectivity index (χ1v) is 6.27. The van der Waals surface area contributed by atoms with Crippen molar-refractivity contribution in [2.24, 2.45) is 5.92 Å². The first-order chi connectivity index (χ1) is 6.55. The second-order valence-corrected chi connectivity index (χ2v) is 4.92. The molecule has 3 atom stereocenters. The SMILES string of the molecule is [B]CC(SC)[C@H](C)[C@@](C)(CNC)OC. The van der Waals surface area contributed by atoms with E-state index in [1.54, 1.807) is 7.11 Å². The molecule has 0 heterocycles. The molecular weight excluding hydrogens is 193 g/mol. The van der Waals surface area contributed by atoms with E-state index in [-0.39, 0.29) is 5.60 Å². The first kappa shape index (κ1) is 14.3. The maximum Gasteiger partial charge on any atom is 0.0809 e. The van der Waals surface area contributed by atoms with Gasteiger partial charge in [0.15, 0.2) is 0 Å². The summed E-state index contributed by atoms with van der Waals surface area (Å²) in [6, 6.07) is 0. The predicted octanol–water partition coefficient (Wildman–Crippen LogP) is 1.57. The van der Waals surface area contributed by atoms with Crippen LogP contribution in [0.5, 0.6) is 0 Å². The number of ether oxygens (including phenoxy) is 1. The normalized spacial score (nSPS) is 20.1. The fourth-order valence-electron chi connectivity index (χ4n) is 1.67. The Morgan fingerprint density at radius 1 is 1.57 bits per heavy atom. The Morgan fingerprint density at radius 2 is 2.14 bits per heavy atom. The topological polar surface area (TPSA) is 21.3 Å². The van der Waals surface area contributed by atoms with Gasteiger partial charge in [0.2, 0.25) is 0 Å². The standard InChI is InChI=1S/C10H22BNOS/c1-8(9(6-11)14-5)10(2,13-4)7-12-3/h8-9,12H,6-7H2,1-5H3/t8-,9?,10+/m0/s1. The Labute approximate surface area is 94.0 Å². The monoisotopic (exact) mass is 215 g/mol. The summed E-state index contributed by atoms with van der Waals surface area (Å²) in [7, 11) is 9.45. The lowest BCUT2D eigenvalue weighted by Crippen LogP contribution is -2.47. The zero-order chi connectivity index (χ0) is 11.2. The molecule has 0 aliphatic rings. The molecule has 1 N–H and O–H groups in total. The van der Waals surface area contributed by atoms with Gasteiger partial charge < -0.3 is 10.1 Å². The van der Waals surface area contributed by atoms with E-state index in [9.17, 15) is 0 Å². The molecule has 0 saturated carbocycles. The van der Waals surface area contributed by atoms with Crippen LogP contribution in [0.1, 0.15) is 13.8 Å². The molecule has 1 unspecified atom stereocenters. The lowest BCUT2D eigenvalue weighted by atomic mass is 9.82. The highest BCUT2D eigenvalue weighted by Gasteiger charge is 2.34. The van der Waals surface area contributed by atoms with Crippen molar-refractivity contribution in [2.45, 2.75) is 31.0 Å². The molecule has 0 aliphatic carbocycles. The number of methoxy groups -OCH3 is 1. The highest BCUT2D eigenvalue weighted by molar-refractivity contribution is 7.99. The molecule has 0 fully saturated rings. The molecule has 4 heteroatoms. The summed E-state index contributed by atoms with van der Waals surface area (Å²) in [5.41, 5.74) is -0.137. The van der Waals surface area contributed by atoms with E-state index in [0.29, 0.717) is 17.5 Å². The summed E-state index contributed by atoms with van der Waals surface area (Å²) in [6.45, 7) is 5.18. The number of thioether (sulfide) groups is 1. The fraction of sp³-hybridized carbons (Fsp3) is 1.00. The van der Waals surface area contributed by atoms with E-state index in [4.69, 9.17) is 12.6 Å². The number of rotatable bonds is 7. The van der Waals surface area contributed by atoms with Gasteiger partial charge in [-0.15, -0.1) is 0 Å². The molecule has 0 aliphatic heterocycles. The Balaban J connectivity index is 4.48. The lowest BCUT2D eigenvalue weighted by Gasteiger charge is -2.38. The molecule has 0 aromatic heterocycles. The van der Waals surface area contributed by atoms with Crippen LogP contribution in [0.2, 0.25) is 6.32 Å². The van der Waals surface area contributed by atoms with Crippen molar-refractivity contribution in [1.82, 2.24) is 5.32 Å². The average molecular weight is 215 g/mol. The van der Waals surface area contributed by atoms with Gasteiger partial charge >= 0.3 is 0 Å². The Hall–Kier alpha value is 0.335. The first-order valence-electron chi connectivity index (χ1n) is 4.98. The van der Waals surface area contributed by atoms with E-state index in [2.05, 4.69) is 25.4 Å². The van der Waals surface area contributed by atoms with Crippen LogP contribution in [0.3, 0.4) is 0 Å². The summed E-state index contributed by atoms with van der Waals surface area (Å²) < 4.78 is 5.59. The molecular formula is C10H22BNOS. The van der Waals surface area contributed by atoms with Crippen molar-refractivity contribution >= 4 is 19.6 Å². The Kier molecular flexibility index (Phi) is 6.91. The van der Waals surface area contributed by atoms with Gasteiger partial charge in [0.25, 0.3) is 0 Å². The van der Waals surface area contributed by atoms with Gasteiger partial charge in [-0.05, 0) is 26.1 Å².